The topological polar surface area (TPSA) is 90.0 Å². The van der Waals surface area contributed by atoms with Gasteiger partial charge in [0.15, 0.2) is 0 Å². The van der Waals surface area contributed by atoms with Gasteiger partial charge in [0.25, 0.3) is 0 Å². The molecule has 0 unspecified atom stereocenters. The van der Waals surface area contributed by atoms with Gasteiger partial charge in [0, 0.05) is 33.6 Å². The Morgan fingerprint density at radius 3 is 2.14 bits per heavy atom. The van der Waals surface area contributed by atoms with E-state index < -0.39 is 34.5 Å². The van der Waals surface area contributed by atoms with E-state index in [2.05, 4.69) is 5.32 Å². The Balaban J connectivity index is 2.11. The highest BCUT2D eigenvalue weighted by Gasteiger charge is 2.35. The fourth-order valence-corrected chi connectivity index (χ4v) is 5.57. The molecule has 0 aliphatic rings. The first kappa shape index (κ1) is 32.8. The Hall–Kier alpha value is -3.76. The molecule has 0 spiro atoms. The second-order valence-corrected chi connectivity index (χ2v) is 13.1. The van der Waals surface area contributed by atoms with Gasteiger partial charge in [-0.1, -0.05) is 68.4 Å². The molecule has 0 aliphatic carbocycles. The molecule has 0 saturated carbocycles. The Kier molecular flexibility index (Phi) is 11.2. The number of amides is 2. The summed E-state index contributed by atoms with van der Waals surface area (Å²) < 4.78 is 43.1. The van der Waals surface area contributed by atoms with Crippen LogP contribution in [0.3, 0.4) is 0 Å². The fourth-order valence-electron chi connectivity index (χ4n) is 4.45. The molecular weight excluding hydrogens is 555 g/mol. The van der Waals surface area contributed by atoms with Crippen molar-refractivity contribution in [2.75, 3.05) is 31.5 Å². The van der Waals surface area contributed by atoms with Crippen molar-refractivity contribution in [2.45, 2.75) is 46.7 Å². The Labute approximate surface area is 249 Å². The lowest BCUT2D eigenvalue weighted by molar-refractivity contribution is -0.140. The van der Waals surface area contributed by atoms with E-state index in [4.69, 9.17) is 0 Å². The molecule has 0 heterocycles. The van der Waals surface area contributed by atoms with Gasteiger partial charge in [-0.3, -0.25) is 9.59 Å². The number of nitrogens with one attached hydrogen (secondary N) is 1. The van der Waals surface area contributed by atoms with Crippen LogP contribution < -0.4 is 9.62 Å². The highest BCUT2D eigenvalue weighted by atomic mass is 32.2. The zero-order valence-corrected chi connectivity index (χ0v) is 26.0. The summed E-state index contributed by atoms with van der Waals surface area (Å²) >= 11 is 0. The number of benzene rings is 3. The molecule has 0 fully saturated rings. The van der Waals surface area contributed by atoms with Crippen molar-refractivity contribution in [3.05, 3.63) is 101 Å². The van der Waals surface area contributed by atoms with Crippen LogP contribution in [0.1, 0.15) is 36.1 Å². The lowest BCUT2D eigenvalue weighted by Gasteiger charge is -2.35. The molecule has 42 heavy (non-hydrogen) atoms. The van der Waals surface area contributed by atoms with Crippen LogP contribution in [0, 0.1) is 25.6 Å². The molecular formula is C32H41FN4O4S. The maximum Gasteiger partial charge on any atom is 0.304 e. The van der Waals surface area contributed by atoms with Crippen molar-refractivity contribution in [1.29, 1.82) is 0 Å². The summed E-state index contributed by atoms with van der Waals surface area (Å²) in [4.78, 5) is 29.4. The number of hydrogen-bond donors (Lipinski definition) is 1. The largest absolute Gasteiger partial charge is 0.354 e. The molecule has 0 aliphatic heterocycles. The molecule has 10 heteroatoms. The van der Waals surface area contributed by atoms with Crippen LogP contribution in [0.5, 0.6) is 0 Å². The average Bonchev–Trinajstić information content (AvgIpc) is 2.95. The molecule has 3 aromatic rings. The highest BCUT2D eigenvalue weighted by molar-refractivity contribution is 7.90. The number of rotatable bonds is 13. The predicted octanol–water partition coefficient (Wildman–Crippen LogP) is 4.47. The Bertz CT molecular complexity index is 1460. The van der Waals surface area contributed by atoms with Gasteiger partial charge in [-0.15, -0.1) is 0 Å². The van der Waals surface area contributed by atoms with Crippen molar-refractivity contribution < 1.29 is 22.4 Å². The number of nitrogens with zero attached hydrogens (tertiary/aromatic N) is 3. The molecule has 0 saturated heterocycles. The fraction of sp³-hybridized carbons (Fsp3) is 0.375. The lowest BCUT2D eigenvalue weighted by atomic mass is 10.0. The van der Waals surface area contributed by atoms with E-state index in [0.717, 1.165) is 19.7 Å². The summed E-state index contributed by atoms with van der Waals surface area (Å²) in [6, 6.07) is 19.5. The summed E-state index contributed by atoms with van der Waals surface area (Å²) in [5.74, 6) is -1.16. The van der Waals surface area contributed by atoms with Crippen molar-refractivity contribution in [3.63, 3.8) is 0 Å². The van der Waals surface area contributed by atoms with Crippen LogP contribution in [0.15, 0.2) is 72.8 Å². The summed E-state index contributed by atoms with van der Waals surface area (Å²) in [7, 11) is -1.28. The SMILES string of the molecule is Cc1ccc(C)c(N(CC(=O)N(Cc2ccc(F)cc2)[C@H](Cc2ccccc2)C(=O)NCC(C)C)S(=O)(=O)N(C)C)c1. The first-order chi connectivity index (χ1) is 19.8. The minimum atomic E-state index is -4.10. The number of aryl methyl sites for hydroxylation is 2. The van der Waals surface area contributed by atoms with Crippen LogP contribution in [-0.4, -0.2) is 62.7 Å². The van der Waals surface area contributed by atoms with E-state index in [-0.39, 0.29) is 24.8 Å². The van der Waals surface area contributed by atoms with Gasteiger partial charge < -0.3 is 10.2 Å². The van der Waals surface area contributed by atoms with Crippen molar-refractivity contribution >= 4 is 27.7 Å². The van der Waals surface area contributed by atoms with Gasteiger partial charge in [-0.25, -0.2) is 8.70 Å². The van der Waals surface area contributed by atoms with Crippen LogP contribution in [0.25, 0.3) is 0 Å². The maximum atomic E-state index is 14.3. The van der Waals surface area contributed by atoms with E-state index >= 15 is 0 Å². The zero-order chi connectivity index (χ0) is 31.0. The minimum Gasteiger partial charge on any atom is -0.354 e. The van der Waals surface area contributed by atoms with Crippen LogP contribution >= 0.6 is 0 Å². The van der Waals surface area contributed by atoms with E-state index in [1.54, 1.807) is 31.2 Å². The normalized spacial score (nSPS) is 12.3. The van der Waals surface area contributed by atoms with E-state index in [9.17, 15) is 22.4 Å². The maximum absolute atomic E-state index is 14.3. The monoisotopic (exact) mass is 596 g/mol. The molecule has 3 rings (SSSR count). The van der Waals surface area contributed by atoms with Gasteiger partial charge in [0.2, 0.25) is 11.8 Å². The number of anilines is 1. The van der Waals surface area contributed by atoms with Gasteiger partial charge >= 0.3 is 10.2 Å². The summed E-state index contributed by atoms with van der Waals surface area (Å²) in [6.45, 7) is 7.44. The van der Waals surface area contributed by atoms with E-state index in [1.807, 2.05) is 57.2 Å². The van der Waals surface area contributed by atoms with Crippen molar-refractivity contribution in [2.24, 2.45) is 5.92 Å². The molecule has 1 atom stereocenters. The summed E-state index contributed by atoms with van der Waals surface area (Å²) in [5, 5.41) is 2.95. The van der Waals surface area contributed by atoms with E-state index in [0.29, 0.717) is 23.4 Å². The van der Waals surface area contributed by atoms with E-state index in [1.165, 1.54) is 31.1 Å². The molecule has 8 nitrogen and oxygen atoms in total. The molecule has 3 aromatic carbocycles. The second kappa shape index (κ2) is 14.4. The lowest BCUT2D eigenvalue weighted by Crippen LogP contribution is -2.54. The predicted molar refractivity (Wildman–Crippen MR) is 165 cm³/mol. The van der Waals surface area contributed by atoms with Gasteiger partial charge in [0.1, 0.15) is 18.4 Å². The zero-order valence-electron chi connectivity index (χ0n) is 25.2. The standard InChI is InChI=1S/C32H41FN4O4S/c1-23(2)20-34-32(39)30(19-26-10-8-7-9-11-26)36(21-27-14-16-28(33)17-15-27)31(38)22-37(42(40,41)35(5)6)29-18-24(3)12-13-25(29)4/h7-18,23,30H,19-22H2,1-6H3,(H,34,39)/t30-/m1/s1. The molecule has 2 amide bonds. The molecule has 1 N–H and O–H groups in total. The second-order valence-electron chi connectivity index (χ2n) is 11.1. The molecule has 0 bridgehead atoms. The summed E-state index contributed by atoms with van der Waals surface area (Å²) in [5.41, 5.74) is 3.34. The quantitative estimate of drug-likeness (QED) is 0.315. The highest BCUT2D eigenvalue weighted by Crippen LogP contribution is 2.26. The number of carbonyl (C=O) groups is 2. The van der Waals surface area contributed by atoms with Crippen LogP contribution in [0.4, 0.5) is 10.1 Å². The third kappa shape index (κ3) is 8.62. The molecule has 226 valence electrons. The number of halogens is 1. The molecule has 0 aromatic heterocycles. The smallest absolute Gasteiger partial charge is 0.304 e. The Morgan fingerprint density at radius 1 is 0.905 bits per heavy atom. The van der Waals surface area contributed by atoms with Gasteiger partial charge in [-0.2, -0.15) is 12.7 Å². The van der Waals surface area contributed by atoms with Gasteiger partial charge in [0.05, 0.1) is 5.69 Å². The minimum absolute atomic E-state index is 0.0195. The average molecular weight is 597 g/mol. The first-order valence-electron chi connectivity index (χ1n) is 13.9. The third-order valence-electron chi connectivity index (χ3n) is 6.87. The number of hydrogen-bond acceptors (Lipinski definition) is 4. The van der Waals surface area contributed by atoms with Gasteiger partial charge in [-0.05, 0) is 60.2 Å². The van der Waals surface area contributed by atoms with Crippen molar-refractivity contribution in [3.8, 4) is 0 Å². The van der Waals surface area contributed by atoms with Crippen molar-refractivity contribution in [1.82, 2.24) is 14.5 Å². The Morgan fingerprint density at radius 2 is 1.55 bits per heavy atom. The van der Waals surface area contributed by atoms with Crippen LogP contribution in [0.2, 0.25) is 0 Å². The first-order valence-corrected chi connectivity index (χ1v) is 15.3. The number of carbonyl (C=O) groups excluding carboxylic acids is 2. The molecule has 0 radical (unpaired) electrons. The van der Waals surface area contributed by atoms with Crippen LogP contribution in [-0.2, 0) is 32.8 Å². The summed E-state index contributed by atoms with van der Waals surface area (Å²) in [6.07, 6.45) is 0.210. The third-order valence-corrected chi connectivity index (χ3v) is 8.68.